The van der Waals surface area contributed by atoms with Crippen molar-refractivity contribution in [3.05, 3.63) is 21.9 Å². The van der Waals surface area contributed by atoms with Crippen LogP contribution in [0.2, 0.25) is 0 Å². The summed E-state index contributed by atoms with van der Waals surface area (Å²) < 4.78 is 0. The zero-order chi connectivity index (χ0) is 10.4. The van der Waals surface area contributed by atoms with Crippen LogP contribution in [0.1, 0.15) is 16.9 Å². The van der Waals surface area contributed by atoms with Gasteiger partial charge in [0.2, 0.25) is 0 Å². The highest BCUT2D eigenvalue weighted by atomic mass is 35.5. The fraction of sp³-hybridized carbons (Fsp3) is 0.636. The van der Waals surface area contributed by atoms with Gasteiger partial charge in [0.1, 0.15) is 0 Å². The molecule has 0 aliphatic rings. The lowest BCUT2D eigenvalue weighted by Gasteiger charge is -2.09. The number of nitrogens with zero attached hydrogens (tertiary/aromatic N) is 1. The second-order valence-corrected chi connectivity index (χ2v) is 4.86. The summed E-state index contributed by atoms with van der Waals surface area (Å²) in [5, 5.41) is 5.63. The molecule has 2 nitrogen and oxygen atoms in total. The number of halogens is 2. The highest BCUT2D eigenvalue weighted by molar-refractivity contribution is 7.10. The highest BCUT2D eigenvalue weighted by Gasteiger charge is 1.98. The molecule has 96 valence electrons. The van der Waals surface area contributed by atoms with Gasteiger partial charge in [0, 0.05) is 11.4 Å². The number of hydrogen-bond acceptors (Lipinski definition) is 3. The molecule has 0 fully saturated rings. The minimum Gasteiger partial charge on any atom is -0.312 e. The minimum absolute atomic E-state index is 0. The van der Waals surface area contributed by atoms with Crippen molar-refractivity contribution in [1.82, 2.24) is 10.2 Å². The van der Waals surface area contributed by atoms with Gasteiger partial charge in [-0.3, -0.25) is 0 Å². The Kier molecular flexibility index (Phi) is 12.0. The quantitative estimate of drug-likeness (QED) is 0.808. The van der Waals surface area contributed by atoms with E-state index >= 15 is 0 Å². The molecule has 1 aromatic heterocycles. The van der Waals surface area contributed by atoms with Crippen molar-refractivity contribution in [1.29, 1.82) is 0 Å². The first-order valence-electron chi connectivity index (χ1n) is 5.08. The van der Waals surface area contributed by atoms with Gasteiger partial charge in [0.25, 0.3) is 0 Å². The molecule has 0 saturated heterocycles. The molecule has 0 aliphatic carbocycles. The van der Waals surface area contributed by atoms with E-state index in [9.17, 15) is 0 Å². The van der Waals surface area contributed by atoms with Crippen LogP contribution < -0.4 is 5.32 Å². The lowest BCUT2D eigenvalue weighted by atomic mass is 10.3. The summed E-state index contributed by atoms with van der Waals surface area (Å²) in [5.41, 5.74) is 1.41. The average molecular weight is 285 g/mol. The molecule has 1 aromatic rings. The monoisotopic (exact) mass is 284 g/mol. The topological polar surface area (TPSA) is 15.3 Å². The fourth-order valence-electron chi connectivity index (χ4n) is 1.31. The molecule has 0 bridgehead atoms. The van der Waals surface area contributed by atoms with Crippen LogP contribution in [0.4, 0.5) is 0 Å². The number of aryl methyl sites for hydroxylation is 1. The lowest BCUT2D eigenvalue weighted by molar-refractivity contribution is 0.394. The van der Waals surface area contributed by atoms with E-state index in [-0.39, 0.29) is 24.8 Å². The molecule has 0 aromatic carbocycles. The van der Waals surface area contributed by atoms with Crippen molar-refractivity contribution in [2.75, 3.05) is 27.2 Å². The average Bonchev–Trinajstić information content (AvgIpc) is 2.51. The minimum atomic E-state index is 0. The second kappa shape index (κ2) is 10.4. The van der Waals surface area contributed by atoms with Gasteiger partial charge in [0.05, 0.1) is 0 Å². The fourth-order valence-corrected chi connectivity index (χ4v) is 2.18. The standard InChI is InChI=1S/C11H20N2S.2ClH/c1-10-5-8-14-11(10)9-12-6-4-7-13(2)3;;/h5,8,12H,4,6-7,9H2,1-3H3;2*1H. The first-order valence-corrected chi connectivity index (χ1v) is 5.96. The maximum absolute atomic E-state index is 3.47. The van der Waals surface area contributed by atoms with Gasteiger partial charge in [0.15, 0.2) is 0 Å². The van der Waals surface area contributed by atoms with E-state index in [4.69, 9.17) is 0 Å². The van der Waals surface area contributed by atoms with Crippen molar-refractivity contribution in [2.45, 2.75) is 19.9 Å². The van der Waals surface area contributed by atoms with Crippen molar-refractivity contribution in [3.8, 4) is 0 Å². The molecular formula is C11H22Cl2N2S. The van der Waals surface area contributed by atoms with Crippen LogP contribution in [0, 0.1) is 6.92 Å². The predicted octanol–water partition coefficient (Wildman–Crippen LogP) is 2.94. The van der Waals surface area contributed by atoms with Crippen LogP contribution in [0.25, 0.3) is 0 Å². The van der Waals surface area contributed by atoms with E-state index in [1.807, 2.05) is 11.3 Å². The molecule has 1 rings (SSSR count). The van der Waals surface area contributed by atoms with Gasteiger partial charge in [-0.15, -0.1) is 36.2 Å². The molecular weight excluding hydrogens is 263 g/mol. The first kappa shape index (κ1) is 18.6. The highest BCUT2D eigenvalue weighted by Crippen LogP contribution is 2.14. The Hall–Kier alpha value is 0.200. The molecule has 16 heavy (non-hydrogen) atoms. The van der Waals surface area contributed by atoms with Gasteiger partial charge in [-0.25, -0.2) is 0 Å². The summed E-state index contributed by atoms with van der Waals surface area (Å²) in [6.07, 6.45) is 1.22. The number of rotatable bonds is 6. The Morgan fingerprint density at radius 3 is 2.50 bits per heavy atom. The van der Waals surface area contributed by atoms with E-state index in [0.717, 1.165) is 19.6 Å². The van der Waals surface area contributed by atoms with E-state index in [1.54, 1.807) is 0 Å². The second-order valence-electron chi connectivity index (χ2n) is 3.86. The molecule has 0 amide bonds. The van der Waals surface area contributed by atoms with Crippen LogP contribution in [-0.2, 0) is 6.54 Å². The Bertz CT molecular complexity index is 264. The Balaban J connectivity index is 0. The van der Waals surface area contributed by atoms with Crippen molar-refractivity contribution >= 4 is 36.2 Å². The smallest absolute Gasteiger partial charge is 0.0302 e. The molecule has 0 aliphatic heterocycles. The summed E-state index contributed by atoms with van der Waals surface area (Å²) >= 11 is 1.84. The Morgan fingerprint density at radius 2 is 2.00 bits per heavy atom. The third-order valence-electron chi connectivity index (χ3n) is 2.21. The predicted molar refractivity (Wildman–Crippen MR) is 78.4 cm³/mol. The van der Waals surface area contributed by atoms with E-state index in [0.29, 0.717) is 0 Å². The lowest BCUT2D eigenvalue weighted by Crippen LogP contribution is -2.20. The van der Waals surface area contributed by atoms with Gasteiger partial charge in [-0.2, -0.15) is 0 Å². The largest absolute Gasteiger partial charge is 0.312 e. The summed E-state index contributed by atoms with van der Waals surface area (Å²) in [6, 6.07) is 2.18. The molecule has 0 atom stereocenters. The number of nitrogens with one attached hydrogen (secondary N) is 1. The molecule has 5 heteroatoms. The maximum atomic E-state index is 3.47. The summed E-state index contributed by atoms with van der Waals surface area (Å²) in [7, 11) is 4.23. The first-order chi connectivity index (χ1) is 6.70. The van der Waals surface area contributed by atoms with E-state index < -0.39 is 0 Å². The summed E-state index contributed by atoms with van der Waals surface area (Å²) in [5.74, 6) is 0. The molecule has 0 radical (unpaired) electrons. The molecule has 1 N–H and O–H groups in total. The SMILES string of the molecule is Cc1ccsc1CNCCCN(C)C.Cl.Cl. The summed E-state index contributed by atoms with van der Waals surface area (Å²) in [6.45, 7) is 5.47. The zero-order valence-corrected chi connectivity index (χ0v) is 12.6. The van der Waals surface area contributed by atoms with Crippen molar-refractivity contribution < 1.29 is 0 Å². The number of hydrogen-bond donors (Lipinski definition) is 1. The normalized spacial score (nSPS) is 9.75. The molecule has 0 saturated carbocycles. The van der Waals surface area contributed by atoms with Gasteiger partial charge < -0.3 is 10.2 Å². The Labute approximate surface area is 115 Å². The molecule has 1 heterocycles. The van der Waals surface area contributed by atoms with Crippen LogP contribution >= 0.6 is 36.2 Å². The number of thiophene rings is 1. The van der Waals surface area contributed by atoms with Crippen LogP contribution in [-0.4, -0.2) is 32.1 Å². The van der Waals surface area contributed by atoms with Crippen LogP contribution in [0.3, 0.4) is 0 Å². The maximum Gasteiger partial charge on any atom is 0.0302 e. The van der Waals surface area contributed by atoms with Gasteiger partial charge in [-0.1, -0.05) is 0 Å². The zero-order valence-electron chi connectivity index (χ0n) is 10.2. The van der Waals surface area contributed by atoms with E-state index in [2.05, 4.69) is 42.7 Å². The Morgan fingerprint density at radius 1 is 1.31 bits per heavy atom. The molecule has 0 unspecified atom stereocenters. The molecule has 0 spiro atoms. The van der Waals surface area contributed by atoms with Crippen LogP contribution in [0.15, 0.2) is 11.4 Å². The van der Waals surface area contributed by atoms with Crippen molar-refractivity contribution in [2.24, 2.45) is 0 Å². The van der Waals surface area contributed by atoms with Gasteiger partial charge >= 0.3 is 0 Å². The van der Waals surface area contributed by atoms with Gasteiger partial charge in [-0.05, 0) is 57.5 Å². The van der Waals surface area contributed by atoms with Crippen molar-refractivity contribution in [3.63, 3.8) is 0 Å². The third kappa shape index (κ3) is 7.47. The van der Waals surface area contributed by atoms with Crippen LogP contribution in [0.5, 0.6) is 0 Å². The van der Waals surface area contributed by atoms with E-state index in [1.165, 1.54) is 16.9 Å². The summed E-state index contributed by atoms with van der Waals surface area (Å²) in [4.78, 5) is 3.69. The third-order valence-corrected chi connectivity index (χ3v) is 3.24.